The third-order valence-corrected chi connectivity index (χ3v) is 6.26. The van der Waals surface area contributed by atoms with Gasteiger partial charge in [-0.2, -0.15) is 0 Å². The number of imidazole rings is 1. The quantitative estimate of drug-likeness (QED) is 0.439. The summed E-state index contributed by atoms with van der Waals surface area (Å²) in [5, 5.41) is 3.04. The van der Waals surface area contributed by atoms with Gasteiger partial charge in [0.15, 0.2) is 0 Å². The Morgan fingerprint density at radius 3 is 2.71 bits per heavy atom. The monoisotopic (exact) mass is 458 g/mol. The number of aromatic nitrogens is 2. The number of halogens is 1. The summed E-state index contributed by atoms with van der Waals surface area (Å²) in [6.07, 6.45) is 4.93. The largest absolute Gasteiger partial charge is 0.487 e. The molecule has 1 N–H and O–H groups in total. The molecule has 1 aliphatic rings. The lowest BCUT2D eigenvalue weighted by Crippen LogP contribution is -2.31. The van der Waals surface area contributed by atoms with Crippen molar-refractivity contribution in [1.29, 1.82) is 0 Å². The number of fused-ring (bicyclic) bond motifs is 1. The van der Waals surface area contributed by atoms with E-state index in [0.717, 1.165) is 42.1 Å². The number of carbonyl (C=O) groups excluding carboxylic acids is 1. The first kappa shape index (κ1) is 21.9. The molecule has 4 aromatic rings. The molecule has 0 aliphatic carbocycles. The molecule has 34 heavy (non-hydrogen) atoms. The highest BCUT2D eigenvalue weighted by molar-refractivity contribution is 5.94. The van der Waals surface area contributed by atoms with Gasteiger partial charge >= 0.3 is 0 Å². The molecule has 2 aromatic heterocycles. The van der Waals surface area contributed by atoms with Gasteiger partial charge in [0.25, 0.3) is 5.91 Å². The Bertz CT molecular complexity index is 1280. The Hall–Kier alpha value is -3.87. The number of amides is 1. The molecule has 7 heteroatoms. The topological polar surface area (TPSA) is 58.9 Å². The third-order valence-electron chi connectivity index (χ3n) is 6.26. The maximum atomic E-state index is 13.1. The number of pyridine rings is 1. The molecule has 1 saturated heterocycles. The van der Waals surface area contributed by atoms with Crippen molar-refractivity contribution in [3.05, 3.63) is 95.7 Å². The van der Waals surface area contributed by atoms with E-state index in [4.69, 9.17) is 4.74 Å². The first-order chi connectivity index (χ1) is 16.5. The van der Waals surface area contributed by atoms with Crippen molar-refractivity contribution in [3.63, 3.8) is 0 Å². The first-order valence-corrected chi connectivity index (χ1v) is 11.5. The van der Waals surface area contributed by atoms with Crippen molar-refractivity contribution in [1.82, 2.24) is 14.7 Å². The SMILES string of the molecule is Cc1cccn2cc(COc3ccc(C(=O)NCC4CCN(c5ccc(F)cc5)C4)cc3)nc12. The molecule has 0 radical (unpaired) electrons. The molecule has 1 aliphatic heterocycles. The number of carbonyl (C=O) groups is 1. The number of nitrogens with one attached hydrogen (secondary N) is 1. The minimum Gasteiger partial charge on any atom is -0.487 e. The van der Waals surface area contributed by atoms with Crippen LogP contribution in [0.25, 0.3) is 5.65 Å². The van der Waals surface area contributed by atoms with Crippen molar-refractivity contribution in [2.24, 2.45) is 5.92 Å². The van der Waals surface area contributed by atoms with Gasteiger partial charge in [-0.25, -0.2) is 9.37 Å². The van der Waals surface area contributed by atoms with Gasteiger partial charge in [-0.15, -0.1) is 0 Å². The molecule has 0 spiro atoms. The van der Waals surface area contributed by atoms with E-state index < -0.39 is 0 Å². The van der Waals surface area contributed by atoms with E-state index in [1.165, 1.54) is 12.1 Å². The Labute approximate surface area is 198 Å². The highest BCUT2D eigenvalue weighted by atomic mass is 19.1. The predicted octanol–water partition coefficient (Wildman–Crippen LogP) is 4.62. The molecule has 1 fully saturated rings. The highest BCUT2D eigenvalue weighted by Gasteiger charge is 2.23. The van der Waals surface area contributed by atoms with E-state index in [1.54, 1.807) is 24.3 Å². The number of hydrogen-bond donors (Lipinski definition) is 1. The van der Waals surface area contributed by atoms with Crippen molar-refractivity contribution in [3.8, 4) is 5.75 Å². The van der Waals surface area contributed by atoms with Crippen molar-refractivity contribution >= 4 is 17.2 Å². The van der Waals surface area contributed by atoms with Gasteiger partial charge in [0.1, 0.15) is 23.8 Å². The molecule has 6 nitrogen and oxygen atoms in total. The zero-order valence-corrected chi connectivity index (χ0v) is 19.1. The Morgan fingerprint density at radius 2 is 1.94 bits per heavy atom. The van der Waals surface area contributed by atoms with E-state index >= 15 is 0 Å². The second-order valence-electron chi connectivity index (χ2n) is 8.75. The first-order valence-electron chi connectivity index (χ1n) is 11.5. The lowest BCUT2D eigenvalue weighted by atomic mass is 10.1. The predicted molar refractivity (Wildman–Crippen MR) is 130 cm³/mol. The van der Waals surface area contributed by atoms with Gasteiger partial charge in [0.05, 0.1) is 5.69 Å². The van der Waals surface area contributed by atoms with E-state index in [2.05, 4.69) is 15.2 Å². The van der Waals surface area contributed by atoms with Crippen molar-refractivity contribution in [2.75, 3.05) is 24.5 Å². The van der Waals surface area contributed by atoms with E-state index in [9.17, 15) is 9.18 Å². The van der Waals surface area contributed by atoms with Crippen LogP contribution in [0.1, 0.15) is 28.0 Å². The molecule has 1 atom stereocenters. The molecule has 5 rings (SSSR count). The average molecular weight is 459 g/mol. The molecule has 174 valence electrons. The lowest BCUT2D eigenvalue weighted by Gasteiger charge is -2.18. The van der Waals surface area contributed by atoms with Crippen molar-refractivity contribution in [2.45, 2.75) is 20.0 Å². The Balaban J connectivity index is 1.10. The molecular formula is C27H27FN4O2. The summed E-state index contributed by atoms with van der Waals surface area (Å²) in [5.74, 6) is 0.734. The molecule has 3 heterocycles. The van der Waals surface area contributed by atoms with Crippen LogP contribution in [-0.4, -0.2) is 34.9 Å². The smallest absolute Gasteiger partial charge is 0.251 e. The zero-order chi connectivity index (χ0) is 23.5. The number of nitrogens with zero attached hydrogens (tertiary/aromatic N) is 3. The minimum atomic E-state index is -0.228. The maximum absolute atomic E-state index is 13.1. The van der Waals surface area contributed by atoms with Gasteiger partial charge in [0, 0.05) is 43.3 Å². The minimum absolute atomic E-state index is 0.0948. The summed E-state index contributed by atoms with van der Waals surface area (Å²) < 4.78 is 21.0. The summed E-state index contributed by atoms with van der Waals surface area (Å²) in [6.45, 7) is 4.76. The maximum Gasteiger partial charge on any atom is 0.251 e. The number of rotatable bonds is 7. The standard InChI is InChI=1S/C27H27FN4O2/c1-19-3-2-13-32-17-23(30-26(19)32)18-34-25-10-4-21(5-11-25)27(33)29-15-20-12-14-31(16-20)24-8-6-22(28)7-9-24/h2-11,13,17,20H,12,14-16,18H2,1H3,(H,29,33). The fourth-order valence-corrected chi connectivity index (χ4v) is 4.36. The summed E-state index contributed by atoms with van der Waals surface area (Å²) in [7, 11) is 0. The summed E-state index contributed by atoms with van der Waals surface area (Å²) in [5.41, 5.74) is 4.51. The molecule has 1 unspecified atom stereocenters. The van der Waals surface area contributed by atoms with Gasteiger partial charge < -0.3 is 19.4 Å². The van der Waals surface area contributed by atoms with Crippen LogP contribution in [0.5, 0.6) is 5.75 Å². The summed E-state index contributed by atoms with van der Waals surface area (Å²) in [6, 6.07) is 17.8. The van der Waals surface area contributed by atoms with Gasteiger partial charge in [-0.05, 0) is 79.4 Å². The molecule has 2 aromatic carbocycles. The second-order valence-corrected chi connectivity index (χ2v) is 8.75. The second kappa shape index (κ2) is 9.55. The van der Waals surface area contributed by atoms with E-state index in [-0.39, 0.29) is 11.7 Å². The van der Waals surface area contributed by atoms with Crippen LogP contribution in [0.15, 0.2) is 73.1 Å². The van der Waals surface area contributed by atoms with Crippen molar-refractivity contribution < 1.29 is 13.9 Å². The molecular weight excluding hydrogens is 431 g/mol. The van der Waals surface area contributed by atoms with Gasteiger partial charge in [-0.3, -0.25) is 4.79 Å². The summed E-state index contributed by atoms with van der Waals surface area (Å²) >= 11 is 0. The molecule has 1 amide bonds. The van der Waals surface area contributed by atoms with Crippen LogP contribution in [-0.2, 0) is 6.61 Å². The Morgan fingerprint density at radius 1 is 1.15 bits per heavy atom. The number of hydrogen-bond acceptors (Lipinski definition) is 4. The van der Waals surface area contributed by atoms with Crippen LogP contribution in [0.3, 0.4) is 0 Å². The normalized spacial score (nSPS) is 15.6. The number of anilines is 1. The van der Waals surface area contributed by atoms with Crippen LogP contribution >= 0.6 is 0 Å². The summed E-state index contributed by atoms with van der Waals surface area (Å²) in [4.78, 5) is 19.4. The van der Waals surface area contributed by atoms with Crippen LogP contribution < -0.4 is 15.0 Å². The van der Waals surface area contributed by atoms with E-state index in [0.29, 0.717) is 30.4 Å². The Kier molecular flexibility index (Phi) is 6.16. The van der Waals surface area contributed by atoms with Crippen LogP contribution in [0, 0.1) is 18.7 Å². The van der Waals surface area contributed by atoms with E-state index in [1.807, 2.05) is 48.0 Å². The number of ether oxygens (including phenoxy) is 1. The van der Waals surface area contributed by atoms with Gasteiger partial charge in [-0.1, -0.05) is 6.07 Å². The lowest BCUT2D eigenvalue weighted by molar-refractivity contribution is 0.0948. The van der Waals surface area contributed by atoms with Gasteiger partial charge in [0.2, 0.25) is 0 Å². The molecule has 0 bridgehead atoms. The van der Waals surface area contributed by atoms with Crippen LogP contribution in [0.4, 0.5) is 10.1 Å². The third kappa shape index (κ3) is 4.88. The number of aryl methyl sites for hydroxylation is 1. The fourth-order valence-electron chi connectivity index (χ4n) is 4.36. The fraction of sp³-hybridized carbons (Fsp3) is 0.259. The van der Waals surface area contributed by atoms with Crippen LogP contribution in [0.2, 0.25) is 0 Å². The number of benzene rings is 2. The average Bonchev–Trinajstić information content (AvgIpc) is 3.50. The molecule has 0 saturated carbocycles. The highest BCUT2D eigenvalue weighted by Crippen LogP contribution is 2.24. The zero-order valence-electron chi connectivity index (χ0n) is 19.1.